The molecule has 2 aromatic heterocycles. The number of pyridine rings is 1. The highest BCUT2D eigenvalue weighted by molar-refractivity contribution is 9.10. The van der Waals surface area contributed by atoms with E-state index in [0.29, 0.717) is 5.16 Å². The van der Waals surface area contributed by atoms with Crippen molar-refractivity contribution in [3.63, 3.8) is 0 Å². The topological polar surface area (TPSA) is 76.7 Å². The molecule has 6 nitrogen and oxygen atoms in total. The van der Waals surface area contributed by atoms with Crippen molar-refractivity contribution in [3.05, 3.63) is 47.1 Å². The first kappa shape index (κ1) is 13.1. The lowest BCUT2D eigenvalue weighted by Gasteiger charge is -2.04. The summed E-state index contributed by atoms with van der Waals surface area (Å²) in [5.41, 5.74) is 0.766. The molecule has 0 fully saturated rings. The van der Waals surface area contributed by atoms with E-state index in [1.807, 2.05) is 12.1 Å². The van der Waals surface area contributed by atoms with Crippen molar-refractivity contribution < 1.29 is 5.11 Å². The minimum Gasteiger partial charge on any atom is -0.508 e. The van der Waals surface area contributed by atoms with Crippen LogP contribution in [0.15, 0.2) is 57.3 Å². The second-order valence-corrected chi connectivity index (χ2v) is 5.59. The van der Waals surface area contributed by atoms with Crippen molar-refractivity contribution in [1.29, 1.82) is 0 Å². The molecule has 0 unspecified atom stereocenters. The number of tetrazole rings is 1. The van der Waals surface area contributed by atoms with E-state index < -0.39 is 0 Å². The summed E-state index contributed by atoms with van der Waals surface area (Å²) in [4.78, 5) is 4.27. The molecule has 0 bridgehead atoms. The number of benzene rings is 1. The maximum Gasteiger partial charge on any atom is 0.220 e. The molecule has 0 atom stereocenters. The van der Waals surface area contributed by atoms with E-state index in [9.17, 15) is 5.11 Å². The molecule has 0 spiro atoms. The monoisotopic (exact) mass is 349 g/mol. The number of hydrogen-bond acceptors (Lipinski definition) is 6. The van der Waals surface area contributed by atoms with Crippen LogP contribution in [0.4, 0.5) is 0 Å². The number of phenolic OH excluding ortho intramolecular Hbond substituents is 1. The third-order valence-corrected chi connectivity index (χ3v) is 4.31. The van der Waals surface area contributed by atoms with Crippen molar-refractivity contribution in [2.24, 2.45) is 0 Å². The second kappa shape index (κ2) is 5.59. The molecule has 0 aliphatic heterocycles. The van der Waals surface area contributed by atoms with E-state index in [0.717, 1.165) is 15.2 Å². The Hall–Kier alpha value is -1.93. The number of halogens is 1. The molecule has 3 rings (SSSR count). The van der Waals surface area contributed by atoms with E-state index >= 15 is 0 Å². The van der Waals surface area contributed by atoms with Gasteiger partial charge in [-0.1, -0.05) is 0 Å². The summed E-state index contributed by atoms with van der Waals surface area (Å²) in [6.45, 7) is 0. The van der Waals surface area contributed by atoms with Crippen LogP contribution < -0.4 is 0 Å². The SMILES string of the molecule is Oc1ccc(-n2nnnc2Sc2ncccc2Br)cc1. The number of rotatable bonds is 3. The van der Waals surface area contributed by atoms with Gasteiger partial charge in [0.2, 0.25) is 5.16 Å². The van der Waals surface area contributed by atoms with Gasteiger partial charge in [0, 0.05) is 6.20 Å². The van der Waals surface area contributed by atoms with Gasteiger partial charge in [-0.2, -0.15) is 4.68 Å². The predicted octanol–water partition coefficient (Wildman–Crippen LogP) is 2.68. The fourth-order valence-corrected chi connectivity index (χ4v) is 2.79. The summed E-state index contributed by atoms with van der Waals surface area (Å²) < 4.78 is 2.47. The first-order chi connectivity index (χ1) is 9.74. The van der Waals surface area contributed by atoms with Gasteiger partial charge < -0.3 is 5.11 Å². The minimum absolute atomic E-state index is 0.198. The zero-order valence-corrected chi connectivity index (χ0v) is 12.4. The molecule has 0 radical (unpaired) electrons. The Bertz CT molecular complexity index is 731. The van der Waals surface area contributed by atoms with Crippen molar-refractivity contribution in [3.8, 4) is 11.4 Å². The van der Waals surface area contributed by atoms with Gasteiger partial charge in [0.05, 0.1) is 10.2 Å². The van der Waals surface area contributed by atoms with E-state index in [-0.39, 0.29) is 5.75 Å². The van der Waals surface area contributed by atoms with Crippen LogP contribution in [-0.4, -0.2) is 30.3 Å². The molecule has 20 heavy (non-hydrogen) atoms. The van der Waals surface area contributed by atoms with Gasteiger partial charge >= 0.3 is 0 Å². The number of aromatic nitrogens is 5. The molecular weight excluding hydrogens is 342 g/mol. The number of aromatic hydroxyl groups is 1. The minimum atomic E-state index is 0.198. The smallest absolute Gasteiger partial charge is 0.220 e. The molecule has 1 N–H and O–H groups in total. The van der Waals surface area contributed by atoms with Gasteiger partial charge in [-0.05, 0) is 74.5 Å². The number of hydrogen-bond donors (Lipinski definition) is 1. The molecule has 100 valence electrons. The second-order valence-electron chi connectivity index (χ2n) is 3.78. The Balaban J connectivity index is 1.95. The first-order valence-electron chi connectivity index (χ1n) is 5.60. The summed E-state index contributed by atoms with van der Waals surface area (Å²) in [7, 11) is 0. The Morgan fingerprint density at radius 2 is 1.95 bits per heavy atom. The molecular formula is C12H8BrN5OS. The zero-order valence-electron chi connectivity index (χ0n) is 10.0. The average molecular weight is 350 g/mol. The van der Waals surface area contributed by atoms with Gasteiger partial charge in [0.1, 0.15) is 10.8 Å². The fourth-order valence-electron chi connectivity index (χ4n) is 1.53. The Labute approximate surface area is 127 Å². The predicted molar refractivity (Wildman–Crippen MR) is 76.9 cm³/mol. The van der Waals surface area contributed by atoms with Gasteiger partial charge in [-0.3, -0.25) is 0 Å². The fraction of sp³-hybridized carbons (Fsp3) is 0. The molecule has 8 heteroatoms. The van der Waals surface area contributed by atoms with Crippen LogP contribution in [0.1, 0.15) is 0 Å². The van der Waals surface area contributed by atoms with Crippen LogP contribution in [0.25, 0.3) is 5.69 Å². The first-order valence-corrected chi connectivity index (χ1v) is 7.21. The zero-order chi connectivity index (χ0) is 13.9. The summed E-state index contributed by atoms with van der Waals surface area (Å²) >= 11 is 4.79. The normalized spacial score (nSPS) is 10.7. The summed E-state index contributed by atoms with van der Waals surface area (Å²) in [5, 5.41) is 22.3. The van der Waals surface area contributed by atoms with Crippen LogP contribution in [0.3, 0.4) is 0 Å². The summed E-state index contributed by atoms with van der Waals surface area (Å²) in [5.74, 6) is 0.198. The Morgan fingerprint density at radius 3 is 2.70 bits per heavy atom. The third kappa shape index (κ3) is 2.66. The molecule has 0 saturated carbocycles. The van der Waals surface area contributed by atoms with E-state index in [4.69, 9.17) is 0 Å². The lowest BCUT2D eigenvalue weighted by atomic mass is 10.3. The Morgan fingerprint density at radius 1 is 1.15 bits per heavy atom. The van der Waals surface area contributed by atoms with E-state index in [1.165, 1.54) is 11.8 Å². The Kier molecular flexibility index (Phi) is 3.66. The number of nitrogens with zero attached hydrogens (tertiary/aromatic N) is 5. The van der Waals surface area contributed by atoms with Gasteiger partial charge in [-0.15, -0.1) is 5.10 Å². The van der Waals surface area contributed by atoms with Crippen molar-refractivity contribution in [1.82, 2.24) is 25.2 Å². The van der Waals surface area contributed by atoms with Crippen LogP contribution in [0, 0.1) is 0 Å². The van der Waals surface area contributed by atoms with Crippen LogP contribution in [0.5, 0.6) is 5.75 Å². The number of phenols is 1. The molecule has 3 aromatic rings. The van der Waals surface area contributed by atoms with Crippen molar-refractivity contribution in [2.75, 3.05) is 0 Å². The molecule has 2 heterocycles. The van der Waals surface area contributed by atoms with Crippen molar-refractivity contribution in [2.45, 2.75) is 10.2 Å². The third-order valence-electron chi connectivity index (χ3n) is 2.45. The lowest BCUT2D eigenvalue weighted by molar-refractivity contribution is 0.475. The average Bonchev–Trinajstić information content (AvgIpc) is 2.90. The summed E-state index contributed by atoms with van der Waals surface area (Å²) in [6, 6.07) is 10.4. The van der Waals surface area contributed by atoms with E-state index in [2.05, 4.69) is 36.4 Å². The van der Waals surface area contributed by atoms with Crippen LogP contribution in [0.2, 0.25) is 0 Å². The van der Waals surface area contributed by atoms with Gasteiger partial charge in [0.15, 0.2) is 0 Å². The largest absolute Gasteiger partial charge is 0.508 e. The van der Waals surface area contributed by atoms with Crippen LogP contribution >= 0.6 is 27.7 Å². The molecule has 0 amide bonds. The van der Waals surface area contributed by atoms with Gasteiger partial charge in [-0.25, -0.2) is 4.98 Å². The standard InChI is InChI=1S/C12H8BrN5OS/c13-10-2-1-7-14-11(10)20-12-15-16-17-18(12)8-3-5-9(19)6-4-8/h1-7,19H. The summed E-state index contributed by atoms with van der Waals surface area (Å²) in [6.07, 6.45) is 1.71. The van der Waals surface area contributed by atoms with Crippen LogP contribution in [-0.2, 0) is 0 Å². The van der Waals surface area contributed by atoms with E-state index in [1.54, 1.807) is 35.1 Å². The van der Waals surface area contributed by atoms with Crippen molar-refractivity contribution >= 4 is 27.7 Å². The molecule has 0 saturated heterocycles. The highest BCUT2D eigenvalue weighted by Crippen LogP contribution is 2.30. The van der Waals surface area contributed by atoms with Gasteiger partial charge in [0.25, 0.3) is 0 Å². The maximum atomic E-state index is 9.31. The quantitative estimate of drug-likeness (QED) is 0.783. The highest BCUT2D eigenvalue weighted by Gasteiger charge is 2.12. The highest BCUT2D eigenvalue weighted by atomic mass is 79.9. The molecule has 0 aliphatic rings. The molecule has 0 aliphatic carbocycles. The maximum absolute atomic E-state index is 9.31. The lowest BCUT2D eigenvalue weighted by Crippen LogP contribution is -1.98. The molecule has 1 aromatic carbocycles.